The summed E-state index contributed by atoms with van der Waals surface area (Å²) < 4.78 is 16.5. The Morgan fingerprint density at radius 2 is 0.805 bits per heavy atom. The lowest BCUT2D eigenvalue weighted by atomic mass is 9.55. The zero-order chi connectivity index (χ0) is 59.1. The van der Waals surface area contributed by atoms with E-state index < -0.39 is 113 Å². The fraction of sp³-hybridized carbons (Fsp3) is 0.550. The number of aliphatic carboxylic acids is 1. The first kappa shape index (κ1) is 66.1. The monoisotopic (exact) mass is 1190 g/mol. The number of Topliss-reactive ketones (excluding diaryl/α,β-unsaturated/α-hetero) is 4. The van der Waals surface area contributed by atoms with E-state index in [1.54, 1.807) is 30.3 Å². The second kappa shape index (κ2) is 25.8. The van der Waals surface area contributed by atoms with Crippen molar-refractivity contribution in [3.63, 3.8) is 0 Å². The third-order valence-electron chi connectivity index (χ3n) is 16.5. The molecule has 82 heavy (non-hydrogen) atoms. The minimum absolute atomic E-state index is 0. The lowest BCUT2D eigenvalue weighted by Gasteiger charge is -2.46. The average Bonchev–Trinajstić information content (AvgIpc) is 1.85. The number of azide groups is 1. The number of rotatable bonds is 15. The topological polar surface area (TPSA) is 311 Å². The van der Waals surface area contributed by atoms with Crippen LogP contribution >= 0.6 is 0 Å². The normalized spacial score (nSPS) is 26.0. The molecule has 12 unspecified atom stereocenters. The summed E-state index contributed by atoms with van der Waals surface area (Å²) in [6, 6.07) is 16.7. The molecule has 12 rings (SSSR count). The molecule has 446 valence electrons. The number of hydrogen-bond acceptors (Lipinski definition) is 15. The zero-order valence-corrected chi connectivity index (χ0v) is 50.0. The number of carboxylic acid groups (broad SMARTS) is 1. The van der Waals surface area contributed by atoms with E-state index in [-0.39, 0.29) is 101 Å². The van der Waals surface area contributed by atoms with Crippen LogP contribution in [-0.2, 0) is 57.4 Å². The molecule has 19 nitrogen and oxygen atoms in total. The van der Waals surface area contributed by atoms with Crippen molar-refractivity contribution >= 4 is 77.1 Å². The maximum absolute atomic E-state index is 12.9. The highest BCUT2D eigenvalue weighted by Gasteiger charge is 2.59. The van der Waals surface area contributed by atoms with Crippen molar-refractivity contribution < 1.29 is 79.2 Å². The van der Waals surface area contributed by atoms with Gasteiger partial charge in [-0.1, -0.05) is 92.0 Å². The molecule has 3 saturated carbocycles. The van der Waals surface area contributed by atoms with E-state index in [4.69, 9.17) is 19.7 Å². The van der Waals surface area contributed by atoms with Crippen LogP contribution in [0.5, 0.6) is 17.2 Å². The van der Waals surface area contributed by atoms with Gasteiger partial charge in [-0.25, -0.2) is 0 Å². The van der Waals surface area contributed by atoms with Gasteiger partial charge in [0.1, 0.15) is 40.4 Å². The molecular formula is C60H83N3O16Si3. The molecular weight excluding hydrogens is 1100 g/mol. The first-order valence-electron chi connectivity index (χ1n) is 27.2. The number of esters is 3. The number of carbonyl (C=O) groups is 9. The highest BCUT2D eigenvalue weighted by Crippen LogP contribution is 2.58. The van der Waals surface area contributed by atoms with Gasteiger partial charge in [0.05, 0.1) is 67.2 Å². The number of carboxylic acids is 1. The van der Waals surface area contributed by atoms with Gasteiger partial charge in [-0.2, -0.15) is 0 Å². The van der Waals surface area contributed by atoms with Crippen molar-refractivity contribution in [1.29, 1.82) is 0 Å². The van der Waals surface area contributed by atoms with Crippen molar-refractivity contribution in [2.75, 3.05) is 19.8 Å². The van der Waals surface area contributed by atoms with E-state index >= 15 is 0 Å². The van der Waals surface area contributed by atoms with Gasteiger partial charge in [0, 0.05) is 73.5 Å². The minimum atomic E-state index is -1.41. The summed E-state index contributed by atoms with van der Waals surface area (Å²) in [5.41, 5.74) is 12.9. The van der Waals surface area contributed by atoms with Gasteiger partial charge in [-0.3, -0.25) is 43.2 Å². The number of fused-ring (bicyclic) bond motifs is 6. The van der Waals surface area contributed by atoms with Gasteiger partial charge in [0.15, 0.2) is 0 Å². The van der Waals surface area contributed by atoms with Gasteiger partial charge in [-0.15, -0.1) is 0 Å². The second-order valence-electron chi connectivity index (χ2n) is 25.8. The Hall–Kier alpha value is -6.75. The number of phenols is 3. The maximum atomic E-state index is 12.9. The van der Waals surface area contributed by atoms with Crippen molar-refractivity contribution in [3.8, 4) is 17.2 Å². The van der Waals surface area contributed by atoms with Crippen LogP contribution in [0.4, 0.5) is 0 Å². The number of amides is 1. The Morgan fingerprint density at radius 3 is 1.10 bits per heavy atom. The van der Waals surface area contributed by atoms with E-state index in [0.717, 1.165) is 34.8 Å². The Morgan fingerprint density at radius 1 is 0.512 bits per heavy atom. The van der Waals surface area contributed by atoms with Crippen LogP contribution in [-0.4, -0.2) is 117 Å². The highest BCUT2D eigenvalue weighted by atomic mass is 28.3. The van der Waals surface area contributed by atoms with E-state index in [0.29, 0.717) is 23.3 Å². The quantitative estimate of drug-likeness (QED) is 0.0274. The Labute approximate surface area is 484 Å². The number of carbonyl (C=O) groups excluding carboxylic acids is 8. The summed E-state index contributed by atoms with van der Waals surface area (Å²) >= 11 is 0. The average molecular weight is 1190 g/mol. The summed E-state index contributed by atoms with van der Waals surface area (Å²) in [6.45, 7) is 22.0. The Kier molecular flexibility index (Phi) is 20.8. The maximum Gasteiger partial charge on any atom is 0.310 e. The van der Waals surface area contributed by atoms with Crippen molar-refractivity contribution in [2.24, 2.45) is 40.6 Å². The van der Waals surface area contributed by atoms with Gasteiger partial charge in [0.2, 0.25) is 5.91 Å². The molecule has 1 amide bonds. The standard InChI is InChI=1S/C20H26O5Si.C19H23N3O5Si.C19H24O6Si.2CH4.H2/c1-11(21)17-18-14-9-12(22)5-6-13(14)15(10-16(18)23)19(17)20(24)25-7-8-26(2,3)4;1-28(2,3)7-6-27-19(26)16-13-9-14(24)15(17(16)18(25)21-22-20)12-8-10(23)4-5-11(12)13;1-26(2,3)7-6-25-19(24)16-13-9-14(21)15(17(16)18(22)23)12-8-10(20)4-5-11(12)13;;;/h5-6,9,15,17-19,22H,7-8,10H2,1-4H3;4-5,8,13,15-17,23H,6-7,9H2,1-3H3;4-5,8,13,15-17,20H,6-7,9H2,1-3H3,(H,22,23);2*1H4;1H. The van der Waals surface area contributed by atoms with Crippen LogP contribution in [0.2, 0.25) is 77.1 Å². The summed E-state index contributed by atoms with van der Waals surface area (Å²) in [4.78, 5) is 116. The van der Waals surface area contributed by atoms with Crippen molar-refractivity contribution in [3.05, 3.63) is 98.4 Å². The van der Waals surface area contributed by atoms with Crippen LogP contribution in [0.15, 0.2) is 59.7 Å². The molecule has 4 N–H and O–H groups in total. The first-order valence-corrected chi connectivity index (χ1v) is 38.3. The minimum Gasteiger partial charge on any atom is -0.508 e. The predicted molar refractivity (Wildman–Crippen MR) is 316 cm³/mol. The number of nitrogens with zero attached hydrogens (tertiary/aromatic N) is 3. The molecule has 22 heteroatoms. The van der Waals surface area contributed by atoms with E-state index in [2.05, 4.69) is 68.9 Å². The van der Waals surface area contributed by atoms with Crippen LogP contribution in [0.3, 0.4) is 0 Å². The Balaban J connectivity index is 0.000000263. The fourth-order valence-electron chi connectivity index (χ4n) is 12.7. The SMILES string of the molecule is C.C.CC(=O)C1C2C(=O)CC(c3ccc(O)cc32)C1C(=O)OCC[Si](C)(C)C.C[Si](C)(C)CCOC(=O)C1C2CC(=O)C(c3cc(O)ccc32)C1C(=O)N=[N+]=[N-].C[Si](C)(C)CCOC(=O)C1C2CC(=O)C(c3cc(O)ccc32)C1C(=O)O.[HH]. The molecule has 0 heterocycles. The van der Waals surface area contributed by atoms with Gasteiger partial charge < -0.3 is 34.6 Å². The molecule has 6 bridgehead atoms. The first-order chi connectivity index (χ1) is 37.3. The van der Waals surface area contributed by atoms with Crippen molar-refractivity contribution in [2.45, 2.75) is 154 Å². The zero-order valence-electron chi connectivity index (χ0n) is 47.0. The third kappa shape index (κ3) is 14.2. The summed E-state index contributed by atoms with van der Waals surface area (Å²) in [5, 5.41) is 42.3. The van der Waals surface area contributed by atoms with E-state index in [1.165, 1.54) is 31.2 Å². The molecule has 9 aliphatic rings. The van der Waals surface area contributed by atoms with Gasteiger partial charge >= 0.3 is 23.9 Å². The molecule has 9 aliphatic carbocycles. The third-order valence-corrected chi connectivity index (χ3v) is 21.7. The predicted octanol–water partition coefficient (Wildman–Crippen LogP) is 11.0. The molecule has 0 aliphatic heterocycles. The van der Waals surface area contributed by atoms with E-state index in [1.807, 2.05) is 0 Å². The van der Waals surface area contributed by atoms with Crippen LogP contribution in [0.25, 0.3) is 10.4 Å². The second-order valence-corrected chi connectivity index (χ2v) is 42.6. The van der Waals surface area contributed by atoms with Gasteiger partial charge in [0.25, 0.3) is 0 Å². The lowest BCUT2D eigenvalue weighted by molar-refractivity contribution is -0.164. The molecule has 0 radical (unpaired) electrons. The number of aromatic hydroxyl groups is 3. The molecule has 12 atom stereocenters. The highest BCUT2D eigenvalue weighted by molar-refractivity contribution is 6.76. The van der Waals surface area contributed by atoms with Gasteiger partial charge in [-0.05, 0) is 105 Å². The number of ether oxygens (including phenoxy) is 3. The lowest BCUT2D eigenvalue weighted by Crippen LogP contribution is -2.50. The number of phenolic OH excluding ortho intramolecular Hbond substituents is 3. The fourth-order valence-corrected chi connectivity index (χ4v) is 14.8. The summed E-state index contributed by atoms with van der Waals surface area (Å²) in [6.07, 6.45) is 0.510. The molecule has 0 aromatic heterocycles. The molecule has 3 fully saturated rings. The summed E-state index contributed by atoms with van der Waals surface area (Å²) in [5.74, 6) is -13.2. The van der Waals surface area contributed by atoms with E-state index in [9.17, 15) is 63.6 Å². The number of benzene rings is 3. The smallest absolute Gasteiger partial charge is 0.310 e. The summed E-state index contributed by atoms with van der Waals surface area (Å²) in [7, 11) is -4.12. The molecule has 0 saturated heterocycles. The molecule has 3 aromatic rings. The van der Waals surface area contributed by atoms with Crippen LogP contribution in [0.1, 0.15) is 111 Å². The van der Waals surface area contributed by atoms with Crippen LogP contribution in [0, 0.1) is 35.5 Å². The molecule has 3 aromatic carbocycles. The largest absolute Gasteiger partial charge is 0.508 e. The molecule has 0 spiro atoms. The Bertz CT molecular complexity index is 2940. The van der Waals surface area contributed by atoms with Crippen molar-refractivity contribution in [1.82, 2.24) is 0 Å². The number of hydrogen-bond donors (Lipinski definition) is 4. The van der Waals surface area contributed by atoms with Crippen LogP contribution < -0.4 is 0 Å². The number of ketones is 4.